The number of aliphatic carboxylic acids is 1. The molecule has 6 nitrogen and oxygen atoms in total. The number of aromatic nitrogens is 1. The number of fused-ring (bicyclic) bond motifs is 1. The minimum Gasteiger partial charge on any atom is -0.489 e. The Hall–Kier alpha value is -3.62. The molecule has 1 aliphatic rings. The summed E-state index contributed by atoms with van der Waals surface area (Å²) in [6.45, 7) is 1.73. The van der Waals surface area contributed by atoms with Crippen LogP contribution >= 0.6 is 0 Å². The molecule has 9 heteroatoms. The molecule has 0 amide bonds. The van der Waals surface area contributed by atoms with Gasteiger partial charge < -0.3 is 14.6 Å². The molecule has 178 valence electrons. The third-order valence-corrected chi connectivity index (χ3v) is 5.98. The van der Waals surface area contributed by atoms with Gasteiger partial charge in [0.05, 0.1) is 23.5 Å². The standard InChI is InChI=1S/C25H22F3NO5/c1-2-33-23(32)24(13-19(24)22(30)31)12-15-7-9-17(10-8-15)34-14-16-11-21(25(26,27)28)29-20-6-4-3-5-18(16)20/h3-11,19H,2,12-14H2,1H3,(H,30,31)/t19-,24+/m1/s1. The van der Waals surface area contributed by atoms with Crippen molar-refractivity contribution in [3.63, 3.8) is 0 Å². The number of hydrogen-bond acceptors (Lipinski definition) is 5. The lowest BCUT2D eigenvalue weighted by molar-refractivity contribution is -0.153. The van der Waals surface area contributed by atoms with Gasteiger partial charge in [0, 0.05) is 10.9 Å². The number of nitrogens with zero attached hydrogens (tertiary/aromatic N) is 1. The summed E-state index contributed by atoms with van der Waals surface area (Å²) in [6, 6.07) is 14.2. The number of carbonyl (C=O) groups excluding carboxylic acids is 1. The third kappa shape index (κ3) is 4.69. The molecule has 1 aromatic heterocycles. The van der Waals surface area contributed by atoms with Crippen LogP contribution in [-0.2, 0) is 33.5 Å². The van der Waals surface area contributed by atoms with Gasteiger partial charge in [-0.1, -0.05) is 30.3 Å². The first kappa shape index (κ1) is 23.5. The fourth-order valence-corrected chi connectivity index (χ4v) is 4.14. The van der Waals surface area contributed by atoms with Gasteiger partial charge in [0.15, 0.2) is 0 Å². The van der Waals surface area contributed by atoms with Crippen molar-refractivity contribution in [3.8, 4) is 5.75 Å². The van der Waals surface area contributed by atoms with Crippen molar-refractivity contribution in [2.75, 3.05) is 6.61 Å². The van der Waals surface area contributed by atoms with E-state index in [1.807, 2.05) is 0 Å². The van der Waals surface area contributed by atoms with E-state index in [1.165, 1.54) is 6.07 Å². The van der Waals surface area contributed by atoms with E-state index in [0.29, 0.717) is 16.7 Å². The highest BCUT2D eigenvalue weighted by atomic mass is 19.4. The largest absolute Gasteiger partial charge is 0.489 e. The molecule has 3 aromatic rings. The molecule has 2 atom stereocenters. The highest BCUT2D eigenvalue weighted by Crippen LogP contribution is 2.56. The number of para-hydroxylation sites is 1. The predicted octanol–water partition coefficient (Wildman–Crippen LogP) is 5.03. The Bertz CT molecular complexity index is 1230. The van der Waals surface area contributed by atoms with Crippen molar-refractivity contribution in [1.29, 1.82) is 0 Å². The zero-order valence-electron chi connectivity index (χ0n) is 18.3. The highest BCUT2D eigenvalue weighted by Gasteiger charge is 2.64. The number of carbonyl (C=O) groups is 2. The summed E-state index contributed by atoms with van der Waals surface area (Å²) < 4.78 is 50.6. The second kappa shape index (κ2) is 8.96. The molecule has 1 saturated carbocycles. The number of carboxylic acid groups (broad SMARTS) is 1. The van der Waals surface area contributed by atoms with Gasteiger partial charge in [0.2, 0.25) is 0 Å². The number of rotatable bonds is 8. The van der Waals surface area contributed by atoms with Gasteiger partial charge in [0.1, 0.15) is 18.1 Å². The third-order valence-electron chi connectivity index (χ3n) is 5.98. The average molecular weight is 473 g/mol. The van der Waals surface area contributed by atoms with Gasteiger partial charge >= 0.3 is 18.1 Å². The van der Waals surface area contributed by atoms with Crippen molar-refractivity contribution in [3.05, 3.63) is 71.4 Å². The monoisotopic (exact) mass is 473 g/mol. The Morgan fingerprint density at radius 2 is 1.85 bits per heavy atom. The van der Waals surface area contributed by atoms with E-state index in [-0.39, 0.29) is 31.6 Å². The van der Waals surface area contributed by atoms with Gasteiger partial charge in [-0.15, -0.1) is 0 Å². The van der Waals surface area contributed by atoms with Crippen LogP contribution in [0.15, 0.2) is 54.6 Å². The SMILES string of the molecule is CCOC(=O)[C@@]1(Cc2ccc(OCc3cc(C(F)(F)F)nc4ccccc34)cc2)C[C@@H]1C(=O)O. The summed E-state index contributed by atoms with van der Waals surface area (Å²) in [6.07, 6.45) is -4.14. The zero-order chi connectivity index (χ0) is 24.5. The van der Waals surface area contributed by atoms with Crippen LogP contribution < -0.4 is 4.74 Å². The zero-order valence-corrected chi connectivity index (χ0v) is 18.3. The van der Waals surface area contributed by atoms with Crippen molar-refractivity contribution in [2.24, 2.45) is 11.3 Å². The molecule has 1 heterocycles. The molecule has 0 spiro atoms. The van der Waals surface area contributed by atoms with Gasteiger partial charge in [0.25, 0.3) is 0 Å². The quantitative estimate of drug-likeness (QED) is 0.462. The summed E-state index contributed by atoms with van der Waals surface area (Å²) in [4.78, 5) is 27.5. The van der Waals surface area contributed by atoms with Crippen LogP contribution in [0.5, 0.6) is 5.75 Å². The highest BCUT2D eigenvalue weighted by molar-refractivity contribution is 5.90. The Kier molecular flexibility index (Phi) is 6.20. The maximum Gasteiger partial charge on any atom is 0.433 e. The number of carboxylic acids is 1. The van der Waals surface area contributed by atoms with E-state index in [9.17, 15) is 27.9 Å². The minimum atomic E-state index is -4.58. The van der Waals surface area contributed by atoms with Crippen LogP contribution in [0.25, 0.3) is 10.9 Å². The van der Waals surface area contributed by atoms with E-state index < -0.39 is 35.1 Å². The normalized spacial score (nSPS) is 19.6. The van der Waals surface area contributed by atoms with Crippen LogP contribution in [0.2, 0.25) is 0 Å². The Morgan fingerprint density at radius 3 is 2.47 bits per heavy atom. The predicted molar refractivity (Wildman–Crippen MR) is 116 cm³/mol. The fourth-order valence-electron chi connectivity index (χ4n) is 4.14. The lowest BCUT2D eigenvalue weighted by atomic mass is 9.94. The van der Waals surface area contributed by atoms with E-state index in [0.717, 1.165) is 11.6 Å². The van der Waals surface area contributed by atoms with Crippen molar-refractivity contribution in [2.45, 2.75) is 32.5 Å². The topological polar surface area (TPSA) is 85.7 Å². The van der Waals surface area contributed by atoms with Gasteiger partial charge in [-0.2, -0.15) is 13.2 Å². The number of hydrogen-bond donors (Lipinski definition) is 1. The fraction of sp³-hybridized carbons (Fsp3) is 0.320. The van der Waals surface area contributed by atoms with Crippen LogP contribution in [0.3, 0.4) is 0 Å². The van der Waals surface area contributed by atoms with Crippen molar-refractivity contribution < 1.29 is 37.3 Å². The summed E-state index contributed by atoms with van der Waals surface area (Å²) >= 11 is 0. The Labute approximate surface area is 193 Å². The van der Waals surface area contributed by atoms with Gasteiger partial charge in [-0.25, -0.2) is 4.98 Å². The minimum absolute atomic E-state index is 0.0979. The Morgan fingerprint density at radius 1 is 1.15 bits per heavy atom. The smallest absolute Gasteiger partial charge is 0.433 e. The first-order valence-corrected chi connectivity index (χ1v) is 10.7. The molecule has 0 radical (unpaired) electrons. The molecule has 34 heavy (non-hydrogen) atoms. The average Bonchev–Trinajstić information content (AvgIpc) is 3.53. The second-order valence-electron chi connectivity index (χ2n) is 8.26. The number of alkyl halides is 3. The molecule has 1 N–H and O–H groups in total. The van der Waals surface area contributed by atoms with E-state index in [1.54, 1.807) is 49.4 Å². The summed E-state index contributed by atoms with van der Waals surface area (Å²) in [5, 5.41) is 9.92. The maximum absolute atomic E-state index is 13.3. The Balaban J connectivity index is 1.49. The van der Waals surface area contributed by atoms with E-state index in [2.05, 4.69) is 4.98 Å². The molecule has 4 rings (SSSR count). The molecular weight excluding hydrogens is 451 g/mol. The molecule has 1 aliphatic carbocycles. The summed E-state index contributed by atoms with van der Waals surface area (Å²) in [7, 11) is 0. The number of benzene rings is 2. The van der Waals surface area contributed by atoms with E-state index in [4.69, 9.17) is 9.47 Å². The van der Waals surface area contributed by atoms with Crippen LogP contribution in [0.4, 0.5) is 13.2 Å². The summed E-state index contributed by atoms with van der Waals surface area (Å²) in [5.74, 6) is -1.91. The van der Waals surface area contributed by atoms with Crippen LogP contribution in [-0.4, -0.2) is 28.6 Å². The number of halogens is 3. The first-order valence-electron chi connectivity index (χ1n) is 10.7. The van der Waals surface area contributed by atoms with Gasteiger partial charge in [-0.3, -0.25) is 9.59 Å². The first-order chi connectivity index (χ1) is 16.1. The summed E-state index contributed by atoms with van der Waals surface area (Å²) in [5.41, 5.74) is -0.744. The lowest BCUT2D eigenvalue weighted by Gasteiger charge is -2.16. The van der Waals surface area contributed by atoms with Crippen molar-refractivity contribution >= 4 is 22.8 Å². The van der Waals surface area contributed by atoms with Crippen molar-refractivity contribution in [1.82, 2.24) is 4.98 Å². The molecule has 0 unspecified atom stereocenters. The molecular formula is C25H22F3NO5. The number of ether oxygens (including phenoxy) is 2. The number of pyridine rings is 1. The molecule has 0 aliphatic heterocycles. The molecule has 0 saturated heterocycles. The van der Waals surface area contributed by atoms with Gasteiger partial charge in [-0.05, 0) is 49.6 Å². The van der Waals surface area contributed by atoms with Crippen LogP contribution in [0.1, 0.15) is 30.2 Å². The molecule has 2 aromatic carbocycles. The number of esters is 1. The maximum atomic E-state index is 13.3. The second-order valence-corrected chi connectivity index (χ2v) is 8.26. The molecule has 1 fully saturated rings. The van der Waals surface area contributed by atoms with E-state index >= 15 is 0 Å². The molecule has 0 bridgehead atoms. The van der Waals surface area contributed by atoms with Crippen LogP contribution in [0, 0.1) is 11.3 Å². The lowest BCUT2D eigenvalue weighted by Crippen LogP contribution is -2.26.